The molecule has 0 aliphatic rings. The van der Waals surface area contributed by atoms with Gasteiger partial charge >= 0.3 is 0 Å². The molecule has 0 aliphatic heterocycles. The van der Waals surface area contributed by atoms with E-state index in [4.69, 9.17) is 23.8 Å². The van der Waals surface area contributed by atoms with Crippen molar-refractivity contribution in [3.05, 3.63) is 79.6 Å². The van der Waals surface area contributed by atoms with Crippen molar-refractivity contribution in [2.45, 2.75) is 6.92 Å². The van der Waals surface area contributed by atoms with Crippen LogP contribution in [0.4, 0.5) is 10.1 Å². The molecule has 0 saturated carbocycles. The van der Waals surface area contributed by atoms with E-state index in [-0.39, 0.29) is 10.3 Å². The van der Waals surface area contributed by atoms with Gasteiger partial charge < -0.3 is 5.11 Å². The number of aliphatic imine (C=N–C) groups is 1. The standard InChI is InChI=1S/C18H13ClFN3O2S/c1-10-2-3-11(19)8-15(10)21-9-14-16(24)22-18(26)23(17(14)25)13-6-4-12(20)5-7-13/h2-9,25H,1H3,(H,22,24,26). The molecule has 0 radical (unpaired) electrons. The summed E-state index contributed by atoms with van der Waals surface area (Å²) in [4.78, 5) is 18.9. The summed E-state index contributed by atoms with van der Waals surface area (Å²) < 4.78 is 14.3. The van der Waals surface area contributed by atoms with Crippen LogP contribution in [0, 0.1) is 17.5 Å². The van der Waals surface area contributed by atoms with E-state index in [1.165, 1.54) is 35.0 Å². The number of hydrogen-bond acceptors (Lipinski definition) is 4. The van der Waals surface area contributed by atoms with E-state index in [0.717, 1.165) is 5.56 Å². The fourth-order valence-electron chi connectivity index (χ4n) is 2.34. The molecule has 0 saturated heterocycles. The second kappa shape index (κ2) is 7.23. The molecule has 1 heterocycles. The van der Waals surface area contributed by atoms with Gasteiger partial charge in [-0.2, -0.15) is 0 Å². The van der Waals surface area contributed by atoms with E-state index < -0.39 is 17.3 Å². The first-order valence-corrected chi connectivity index (χ1v) is 8.30. The maximum Gasteiger partial charge on any atom is 0.264 e. The lowest BCUT2D eigenvalue weighted by Crippen LogP contribution is -2.18. The summed E-state index contributed by atoms with van der Waals surface area (Å²) >= 11 is 11.1. The average molecular weight is 390 g/mol. The zero-order valence-electron chi connectivity index (χ0n) is 13.5. The van der Waals surface area contributed by atoms with Crippen molar-refractivity contribution >= 4 is 35.7 Å². The number of nitrogens with one attached hydrogen (secondary N) is 1. The van der Waals surface area contributed by atoms with E-state index in [1.54, 1.807) is 18.2 Å². The van der Waals surface area contributed by atoms with Gasteiger partial charge in [0.15, 0.2) is 4.77 Å². The highest BCUT2D eigenvalue weighted by Gasteiger charge is 2.13. The third kappa shape index (κ3) is 3.58. The van der Waals surface area contributed by atoms with Crippen molar-refractivity contribution in [2.75, 3.05) is 0 Å². The third-order valence-corrected chi connectivity index (χ3v) is 4.23. The van der Waals surface area contributed by atoms with Crippen LogP contribution in [-0.4, -0.2) is 20.9 Å². The minimum absolute atomic E-state index is 0.0183. The van der Waals surface area contributed by atoms with Gasteiger partial charge in [0.25, 0.3) is 5.56 Å². The van der Waals surface area contributed by atoms with Crippen LogP contribution < -0.4 is 5.56 Å². The number of hydrogen-bond donors (Lipinski definition) is 2. The number of benzene rings is 2. The van der Waals surface area contributed by atoms with Gasteiger partial charge in [0.1, 0.15) is 11.4 Å². The molecule has 2 aromatic carbocycles. The molecule has 0 unspecified atom stereocenters. The number of aromatic amines is 1. The number of nitrogens with zero attached hydrogens (tertiary/aromatic N) is 2. The molecule has 8 heteroatoms. The fraction of sp³-hybridized carbons (Fsp3) is 0.0556. The summed E-state index contributed by atoms with van der Waals surface area (Å²) in [5.74, 6) is -0.823. The molecule has 0 fully saturated rings. The number of H-pyrrole nitrogens is 1. The van der Waals surface area contributed by atoms with Crippen LogP contribution in [0.2, 0.25) is 5.02 Å². The van der Waals surface area contributed by atoms with Gasteiger partial charge in [-0.25, -0.2) is 4.39 Å². The Balaban J connectivity index is 2.14. The molecule has 0 aliphatic carbocycles. The Labute approximate surface area is 158 Å². The van der Waals surface area contributed by atoms with Gasteiger partial charge in [-0.15, -0.1) is 0 Å². The van der Waals surface area contributed by atoms with Crippen LogP contribution in [0.25, 0.3) is 5.69 Å². The molecule has 2 N–H and O–H groups in total. The van der Waals surface area contributed by atoms with Crippen LogP contribution in [0.15, 0.2) is 52.3 Å². The summed E-state index contributed by atoms with van der Waals surface area (Å²) in [5, 5.41) is 11.0. The number of aryl methyl sites for hydroxylation is 1. The normalized spacial score (nSPS) is 11.2. The summed E-state index contributed by atoms with van der Waals surface area (Å²) in [6.45, 7) is 1.85. The van der Waals surface area contributed by atoms with Gasteiger partial charge in [-0.3, -0.25) is 19.3 Å². The lowest BCUT2D eigenvalue weighted by atomic mass is 10.2. The van der Waals surface area contributed by atoms with Gasteiger partial charge in [0.05, 0.1) is 11.4 Å². The quantitative estimate of drug-likeness (QED) is 0.513. The predicted octanol–water partition coefficient (Wildman–Crippen LogP) is 4.45. The van der Waals surface area contributed by atoms with E-state index >= 15 is 0 Å². The second-order valence-corrected chi connectivity index (χ2v) is 6.32. The maximum atomic E-state index is 13.1. The molecule has 5 nitrogen and oxygen atoms in total. The van der Waals surface area contributed by atoms with Crippen LogP contribution >= 0.6 is 23.8 Å². The monoisotopic (exact) mass is 389 g/mol. The van der Waals surface area contributed by atoms with E-state index in [2.05, 4.69) is 9.98 Å². The summed E-state index contributed by atoms with van der Waals surface area (Å²) in [5.41, 5.74) is 1.15. The Morgan fingerprint density at radius 1 is 1.27 bits per heavy atom. The van der Waals surface area contributed by atoms with Crippen molar-refractivity contribution in [3.8, 4) is 11.6 Å². The summed E-state index contributed by atoms with van der Waals surface area (Å²) in [7, 11) is 0. The van der Waals surface area contributed by atoms with Gasteiger partial charge in [0, 0.05) is 11.2 Å². The fourth-order valence-corrected chi connectivity index (χ4v) is 2.79. The average Bonchev–Trinajstić information content (AvgIpc) is 2.59. The molecule has 1 aromatic heterocycles. The Morgan fingerprint density at radius 3 is 2.65 bits per heavy atom. The lowest BCUT2D eigenvalue weighted by Gasteiger charge is -2.11. The van der Waals surface area contributed by atoms with Gasteiger partial charge in [-0.1, -0.05) is 17.7 Å². The highest BCUT2D eigenvalue weighted by molar-refractivity contribution is 7.71. The minimum Gasteiger partial charge on any atom is -0.494 e. The molecular weight excluding hydrogens is 377 g/mol. The molecule has 3 aromatic rings. The Morgan fingerprint density at radius 2 is 1.96 bits per heavy atom. The first-order chi connectivity index (χ1) is 12.4. The highest BCUT2D eigenvalue weighted by Crippen LogP contribution is 2.24. The maximum absolute atomic E-state index is 13.1. The first-order valence-electron chi connectivity index (χ1n) is 7.51. The van der Waals surface area contributed by atoms with E-state index in [9.17, 15) is 14.3 Å². The Kier molecular flexibility index (Phi) is 5.01. The molecular formula is C18H13ClFN3O2S. The molecule has 0 atom stereocenters. The smallest absolute Gasteiger partial charge is 0.264 e. The molecule has 0 bridgehead atoms. The molecule has 132 valence electrons. The van der Waals surface area contributed by atoms with Crippen LogP contribution in [0.1, 0.15) is 11.1 Å². The summed E-state index contributed by atoms with van der Waals surface area (Å²) in [6.07, 6.45) is 1.24. The van der Waals surface area contributed by atoms with Crippen molar-refractivity contribution < 1.29 is 9.50 Å². The Hall–Kier alpha value is -2.77. The van der Waals surface area contributed by atoms with E-state index in [0.29, 0.717) is 16.4 Å². The molecule has 3 rings (SSSR count). The van der Waals surface area contributed by atoms with Crippen molar-refractivity contribution in [1.29, 1.82) is 0 Å². The van der Waals surface area contributed by atoms with Gasteiger partial charge in [0.2, 0.25) is 5.88 Å². The number of aromatic hydroxyl groups is 1. The molecule has 26 heavy (non-hydrogen) atoms. The van der Waals surface area contributed by atoms with Crippen molar-refractivity contribution in [1.82, 2.24) is 9.55 Å². The lowest BCUT2D eigenvalue weighted by molar-refractivity contribution is 0.432. The molecule has 0 amide bonds. The van der Waals surface area contributed by atoms with E-state index in [1.807, 2.05) is 6.92 Å². The zero-order valence-corrected chi connectivity index (χ0v) is 15.1. The topological polar surface area (TPSA) is 70.4 Å². The zero-order chi connectivity index (χ0) is 18.8. The van der Waals surface area contributed by atoms with Crippen molar-refractivity contribution in [3.63, 3.8) is 0 Å². The Bertz CT molecular complexity index is 1120. The highest BCUT2D eigenvalue weighted by atomic mass is 35.5. The summed E-state index contributed by atoms with van der Waals surface area (Å²) in [6, 6.07) is 10.5. The largest absolute Gasteiger partial charge is 0.494 e. The molecule has 0 spiro atoms. The third-order valence-electron chi connectivity index (χ3n) is 3.71. The number of halogens is 2. The van der Waals surface area contributed by atoms with Crippen LogP contribution in [0.5, 0.6) is 5.88 Å². The van der Waals surface area contributed by atoms with Crippen LogP contribution in [0.3, 0.4) is 0 Å². The SMILES string of the molecule is Cc1ccc(Cl)cc1N=Cc1c(O)n(-c2ccc(F)cc2)c(=S)[nH]c1=O. The first kappa shape index (κ1) is 18.0. The van der Waals surface area contributed by atoms with Crippen LogP contribution in [-0.2, 0) is 0 Å². The van der Waals surface area contributed by atoms with Crippen molar-refractivity contribution in [2.24, 2.45) is 4.99 Å². The predicted molar refractivity (Wildman–Crippen MR) is 102 cm³/mol. The minimum atomic E-state index is -0.589. The second-order valence-electron chi connectivity index (χ2n) is 5.50. The van der Waals surface area contributed by atoms with Gasteiger partial charge in [-0.05, 0) is 61.1 Å². The number of rotatable bonds is 3. The number of aromatic nitrogens is 2.